The standard InChI is InChI=1S/C10H18O3/c1-3-5-6-7-9(11)8(4-2)10(12)13/h8H,3-7H2,1-2H3,(H,12,13)/p-1. The molecule has 0 aliphatic rings. The summed E-state index contributed by atoms with van der Waals surface area (Å²) in [4.78, 5) is 21.7. The molecule has 0 amide bonds. The van der Waals surface area contributed by atoms with Gasteiger partial charge in [-0.25, -0.2) is 0 Å². The van der Waals surface area contributed by atoms with Crippen LogP contribution < -0.4 is 5.11 Å². The molecule has 1 atom stereocenters. The van der Waals surface area contributed by atoms with Crippen molar-refractivity contribution in [2.75, 3.05) is 0 Å². The van der Waals surface area contributed by atoms with Crippen molar-refractivity contribution < 1.29 is 14.7 Å². The molecule has 3 nitrogen and oxygen atoms in total. The van der Waals surface area contributed by atoms with Gasteiger partial charge in [-0.15, -0.1) is 0 Å². The fourth-order valence-corrected chi connectivity index (χ4v) is 1.25. The molecule has 0 aliphatic carbocycles. The molecule has 0 N–H and O–H groups in total. The zero-order valence-corrected chi connectivity index (χ0v) is 8.34. The largest absolute Gasteiger partial charge is 0.549 e. The monoisotopic (exact) mass is 185 g/mol. The van der Waals surface area contributed by atoms with E-state index < -0.39 is 11.9 Å². The molecule has 0 spiro atoms. The summed E-state index contributed by atoms with van der Waals surface area (Å²) in [6.07, 6.45) is 3.53. The first-order valence-corrected chi connectivity index (χ1v) is 4.87. The minimum absolute atomic E-state index is 0.184. The van der Waals surface area contributed by atoms with Gasteiger partial charge < -0.3 is 9.90 Å². The van der Waals surface area contributed by atoms with Gasteiger partial charge in [0, 0.05) is 6.42 Å². The van der Waals surface area contributed by atoms with Crippen molar-refractivity contribution in [3.63, 3.8) is 0 Å². The van der Waals surface area contributed by atoms with Gasteiger partial charge in [0.15, 0.2) is 0 Å². The second kappa shape index (κ2) is 6.63. The van der Waals surface area contributed by atoms with E-state index in [1.165, 1.54) is 0 Å². The van der Waals surface area contributed by atoms with E-state index in [1.807, 2.05) is 6.92 Å². The number of Topliss-reactive ketones (excluding diaryl/α,β-unsaturated/α-hetero) is 1. The Morgan fingerprint density at radius 1 is 1.23 bits per heavy atom. The van der Waals surface area contributed by atoms with Crippen LogP contribution in [0.2, 0.25) is 0 Å². The number of ketones is 1. The highest BCUT2D eigenvalue weighted by molar-refractivity contribution is 5.97. The van der Waals surface area contributed by atoms with Crippen LogP contribution in [0, 0.1) is 5.92 Å². The van der Waals surface area contributed by atoms with Crippen molar-refractivity contribution in [2.24, 2.45) is 5.92 Å². The highest BCUT2D eigenvalue weighted by Crippen LogP contribution is 2.09. The van der Waals surface area contributed by atoms with Crippen molar-refractivity contribution in [3.8, 4) is 0 Å². The third-order valence-corrected chi connectivity index (χ3v) is 2.11. The Hall–Kier alpha value is -0.860. The number of hydrogen-bond acceptors (Lipinski definition) is 3. The third-order valence-electron chi connectivity index (χ3n) is 2.11. The molecule has 0 saturated heterocycles. The minimum atomic E-state index is -1.23. The first kappa shape index (κ1) is 12.1. The summed E-state index contributed by atoms with van der Waals surface area (Å²) in [6.45, 7) is 3.73. The lowest BCUT2D eigenvalue weighted by Crippen LogP contribution is -2.35. The summed E-state index contributed by atoms with van der Waals surface area (Å²) < 4.78 is 0. The average molecular weight is 185 g/mol. The van der Waals surface area contributed by atoms with Crippen LogP contribution in [0.5, 0.6) is 0 Å². The van der Waals surface area contributed by atoms with Crippen LogP contribution in [0.3, 0.4) is 0 Å². The Morgan fingerprint density at radius 2 is 1.85 bits per heavy atom. The predicted octanol–water partition coefficient (Wildman–Crippen LogP) is 0.912. The van der Waals surface area contributed by atoms with Crippen molar-refractivity contribution in [3.05, 3.63) is 0 Å². The summed E-state index contributed by atoms with van der Waals surface area (Å²) in [5, 5.41) is 10.5. The van der Waals surface area contributed by atoms with Crippen molar-refractivity contribution in [1.29, 1.82) is 0 Å². The molecular weight excluding hydrogens is 168 g/mol. The number of carbonyl (C=O) groups is 2. The van der Waals surface area contributed by atoms with Gasteiger partial charge in [0.25, 0.3) is 0 Å². The molecule has 0 bridgehead atoms. The van der Waals surface area contributed by atoms with E-state index in [-0.39, 0.29) is 5.78 Å². The summed E-state index contributed by atoms with van der Waals surface area (Å²) in [5.74, 6) is -2.31. The Balaban J connectivity index is 3.85. The second-order valence-electron chi connectivity index (χ2n) is 3.20. The molecule has 0 rings (SSSR count). The van der Waals surface area contributed by atoms with E-state index in [9.17, 15) is 14.7 Å². The van der Waals surface area contributed by atoms with Crippen molar-refractivity contribution in [2.45, 2.75) is 46.0 Å². The minimum Gasteiger partial charge on any atom is -0.549 e. The van der Waals surface area contributed by atoms with E-state index in [4.69, 9.17) is 0 Å². The van der Waals surface area contributed by atoms with Gasteiger partial charge >= 0.3 is 0 Å². The predicted molar refractivity (Wildman–Crippen MR) is 47.9 cm³/mol. The maximum Gasteiger partial charge on any atom is 0.141 e. The fourth-order valence-electron chi connectivity index (χ4n) is 1.25. The number of carboxylic acids is 1. The van der Waals surface area contributed by atoms with E-state index in [1.54, 1.807) is 6.92 Å². The maximum atomic E-state index is 11.3. The summed E-state index contributed by atoms with van der Waals surface area (Å²) in [7, 11) is 0. The van der Waals surface area contributed by atoms with E-state index in [0.717, 1.165) is 19.3 Å². The summed E-state index contributed by atoms with van der Waals surface area (Å²) in [6, 6.07) is 0. The molecule has 13 heavy (non-hydrogen) atoms. The number of unbranched alkanes of at least 4 members (excludes halogenated alkanes) is 2. The Morgan fingerprint density at radius 3 is 2.23 bits per heavy atom. The van der Waals surface area contributed by atoms with E-state index >= 15 is 0 Å². The van der Waals surface area contributed by atoms with E-state index in [2.05, 4.69) is 0 Å². The molecule has 0 aromatic carbocycles. The molecular formula is C10H17O3-. The highest BCUT2D eigenvalue weighted by atomic mass is 16.4. The molecule has 76 valence electrons. The normalized spacial score (nSPS) is 12.5. The first-order chi connectivity index (χ1) is 6.13. The van der Waals surface area contributed by atoms with Crippen LogP contribution in [0.25, 0.3) is 0 Å². The van der Waals surface area contributed by atoms with Crippen LogP contribution in [0.15, 0.2) is 0 Å². The van der Waals surface area contributed by atoms with Crippen LogP contribution in [-0.4, -0.2) is 11.8 Å². The highest BCUT2D eigenvalue weighted by Gasteiger charge is 2.16. The van der Waals surface area contributed by atoms with Crippen LogP contribution >= 0.6 is 0 Å². The molecule has 0 heterocycles. The van der Waals surface area contributed by atoms with Gasteiger partial charge in [-0.1, -0.05) is 26.7 Å². The molecule has 0 aliphatic heterocycles. The molecule has 3 heteroatoms. The Bertz CT molecular complexity index is 175. The van der Waals surface area contributed by atoms with Crippen LogP contribution in [-0.2, 0) is 9.59 Å². The molecule has 1 unspecified atom stereocenters. The molecule has 0 aromatic heterocycles. The Labute approximate surface area is 79.1 Å². The molecule has 0 aromatic rings. The van der Waals surface area contributed by atoms with Crippen molar-refractivity contribution >= 4 is 11.8 Å². The number of aliphatic carboxylic acids is 1. The number of carbonyl (C=O) groups excluding carboxylic acids is 2. The zero-order valence-electron chi connectivity index (χ0n) is 8.34. The number of carboxylic acid groups (broad SMARTS) is 1. The summed E-state index contributed by atoms with van der Waals surface area (Å²) in [5.41, 5.74) is 0. The lowest BCUT2D eigenvalue weighted by Gasteiger charge is -2.13. The first-order valence-electron chi connectivity index (χ1n) is 4.87. The lowest BCUT2D eigenvalue weighted by atomic mass is 9.97. The second-order valence-corrected chi connectivity index (χ2v) is 3.20. The summed E-state index contributed by atoms with van der Waals surface area (Å²) >= 11 is 0. The van der Waals surface area contributed by atoms with Crippen LogP contribution in [0.4, 0.5) is 0 Å². The maximum absolute atomic E-state index is 11.3. The van der Waals surface area contributed by atoms with Gasteiger partial charge in [-0.2, -0.15) is 0 Å². The van der Waals surface area contributed by atoms with Crippen molar-refractivity contribution in [1.82, 2.24) is 0 Å². The fraction of sp³-hybridized carbons (Fsp3) is 0.800. The number of hydrogen-bond donors (Lipinski definition) is 0. The Kier molecular flexibility index (Phi) is 6.20. The molecule has 0 radical (unpaired) electrons. The SMILES string of the molecule is CCCCCC(=O)C(CC)C(=O)[O-]. The van der Waals surface area contributed by atoms with Gasteiger partial charge in [-0.05, 0) is 12.8 Å². The van der Waals surface area contributed by atoms with Gasteiger partial charge in [-0.3, -0.25) is 4.79 Å². The molecule has 0 saturated carbocycles. The third kappa shape index (κ3) is 4.65. The van der Waals surface area contributed by atoms with Gasteiger partial charge in [0.2, 0.25) is 0 Å². The topological polar surface area (TPSA) is 57.2 Å². The van der Waals surface area contributed by atoms with Crippen LogP contribution in [0.1, 0.15) is 46.0 Å². The van der Waals surface area contributed by atoms with E-state index in [0.29, 0.717) is 12.8 Å². The van der Waals surface area contributed by atoms with Gasteiger partial charge in [0.1, 0.15) is 5.78 Å². The zero-order chi connectivity index (χ0) is 10.3. The lowest BCUT2D eigenvalue weighted by molar-refractivity contribution is -0.310. The smallest absolute Gasteiger partial charge is 0.141 e. The average Bonchev–Trinajstić information content (AvgIpc) is 2.05. The number of rotatable bonds is 7. The molecule has 0 fully saturated rings. The quantitative estimate of drug-likeness (QED) is 0.437. The van der Waals surface area contributed by atoms with Gasteiger partial charge in [0.05, 0.1) is 11.9 Å².